The smallest absolute Gasteiger partial charge is 0.119 e. The summed E-state index contributed by atoms with van der Waals surface area (Å²) < 4.78 is 0. The van der Waals surface area contributed by atoms with Crippen LogP contribution in [0.5, 0.6) is 0 Å². The summed E-state index contributed by atoms with van der Waals surface area (Å²) in [4.78, 5) is 5.73. The molecule has 0 amide bonds. The second kappa shape index (κ2) is 3.63. The largest absolute Gasteiger partial charge is 0.389 e. The van der Waals surface area contributed by atoms with Gasteiger partial charge in [0.2, 0.25) is 0 Å². The van der Waals surface area contributed by atoms with E-state index in [2.05, 4.69) is 18.8 Å². The Morgan fingerprint density at radius 2 is 2.21 bits per heavy atom. The molecular formula is C11H17NOS. The minimum atomic E-state index is 0.0879. The molecule has 1 aromatic rings. The van der Waals surface area contributed by atoms with Crippen molar-refractivity contribution in [1.82, 2.24) is 4.98 Å². The molecule has 0 aromatic carbocycles. The Balaban J connectivity index is 2.12. The predicted molar refractivity (Wildman–Crippen MR) is 58.4 cm³/mol. The van der Waals surface area contributed by atoms with Crippen LogP contribution < -0.4 is 0 Å². The molecule has 0 aliphatic heterocycles. The van der Waals surface area contributed by atoms with Gasteiger partial charge in [0.15, 0.2) is 0 Å². The zero-order valence-corrected chi connectivity index (χ0v) is 9.65. The van der Waals surface area contributed by atoms with Gasteiger partial charge in [-0.2, -0.15) is 0 Å². The van der Waals surface area contributed by atoms with E-state index in [1.54, 1.807) is 11.3 Å². The fourth-order valence-corrected chi connectivity index (χ4v) is 3.00. The van der Waals surface area contributed by atoms with E-state index in [1.807, 2.05) is 0 Å². The summed E-state index contributed by atoms with van der Waals surface area (Å²) in [6.07, 6.45) is 5.19. The molecule has 1 saturated carbocycles. The first-order chi connectivity index (χ1) is 6.69. The molecule has 0 radical (unpaired) electrons. The highest BCUT2D eigenvalue weighted by Gasteiger charge is 2.41. The molecule has 0 saturated heterocycles. The van der Waals surface area contributed by atoms with Crippen molar-refractivity contribution in [2.24, 2.45) is 5.41 Å². The van der Waals surface area contributed by atoms with Crippen LogP contribution in [0.25, 0.3) is 0 Å². The van der Waals surface area contributed by atoms with Crippen LogP contribution in [0.4, 0.5) is 0 Å². The second-order valence-corrected chi connectivity index (χ2v) is 5.47. The van der Waals surface area contributed by atoms with E-state index in [9.17, 15) is 0 Å². The number of thiazole rings is 1. The number of hydrogen-bond acceptors (Lipinski definition) is 3. The van der Waals surface area contributed by atoms with Gasteiger partial charge in [0.25, 0.3) is 0 Å². The summed E-state index contributed by atoms with van der Waals surface area (Å²) in [5, 5.41) is 9.86. The average Bonchev–Trinajstić information content (AvgIpc) is 2.87. The van der Waals surface area contributed by atoms with Gasteiger partial charge in [0.1, 0.15) is 5.01 Å². The summed E-state index contributed by atoms with van der Waals surface area (Å²) in [6.45, 7) is 4.41. The van der Waals surface area contributed by atoms with E-state index in [-0.39, 0.29) is 6.61 Å². The molecule has 0 atom stereocenters. The predicted octanol–water partition coefficient (Wildman–Crippen LogP) is 2.68. The number of aromatic nitrogens is 1. The lowest BCUT2D eigenvalue weighted by Crippen LogP contribution is -2.02. The molecule has 78 valence electrons. The van der Waals surface area contributed by atoms with Crippen molar-refractivity contribution in [3.63, 3.8) is 0 Å². The Morgan fingerprint density at radius 3 is 2.64 bits per heavy atom. The lowest BCUT2D eigenvalue weighted by molar-refractivity contribution is 0.281. The standard InChI is InChI=1S/C11H17NOS/c1-3-11(4-5-11)6-9-8(2)12-10(7-13)14-9/h13H,3-7H2,1-2H3. The van der Waals surface area contributed by atoms with Crippen molar-refractivity contribution < 1.29 is 5.11 Å². The van der Waals surface area contributed by atoms with Crippen molar-refractivity contribution in [3.8, 4) is 0 Å². The van der Waals surface area contributed by atoms with Gasteiger partial charge in [-0.05, 0) is 31.6 Å². The SMILES string of the molecule is CCC1(Cc2sc(CO)nc2C)CC1. The molecule has 0 spiro atoms. The van der Waals surface area contributed by atoms with Crippen LogP contribution in [-0.4, -0.2) is 10.1 Å². The minimum Gasteiger partial charge on any atom is -0.389 e. The Labute approximate surface area is 89.0 Å². The van der Waals surface area contributed by atoms with Crippen LogP contribution in [0.2, 0.25) is 0 Å². The van der Waals surface area contributed by atoms with Crippen LogP contribution in [0.15, 0.2) is 0 Å². The van der Waals surface area contributed by atoms with Gasteiger partial charge in [0.05, 0.1) is 12.3 Å². The molecule has 14 heavy (non-hydrogen) atoms. The summed E-state index contributed by atoms with van der Waals surface area (Å²) in [7, 11) is 0. The monoisotopic (exact) mass is 211 g/mol. The van der Waals surface area contributed by atoms with Gasteiger partial charge >= 0.3 is 0 Å². The second-order valence-electron chi connectivity index (χ2n) is 4.30. The maximum absolute atomic E-state index is 8.99. The Hall–Kier alpha value is -0.410. The molecule has 2 rings (SSSR count). The molecule has 1 aliphatic carbocycles. The van der Waals surface area contributed by atoms with Crippen LogP contribution in [0, 0.1) is 12.3 Å². The first-order valence-electron chi connectivity index (χ1n) is 5.25. The Kier molecular flexibility index (Phi) is 2.62. The zero-order valence-electron chi connectivity index (χ0n) is 8.84. The number of aryl methyl sites for hydroxylation is 1. The summed E-state index contributed by atoms with van der Waals surface area (Å²) in [5.74, 6) is 0. The van der Waals surface area contributed by atoms with E-state index in [0.29, 0.717) is 5.41 Å². The first kappa shape index (κ1) is 10.1. The third kappa shape index (κ3) is 1.84. The van der Waals surface area contributed by atoms with Crippen molar-refractivity contribution in [3.05, 3.63) is 15.6 Å². The number of rotatable bonds is 4. The Bertz CT molecular complexity index is 328. The lowest BCUT2D eigenvalue weighted by Gasteiger charge is -2.10. The fraction of sp³-hybridized carbons (Fsp3) is 0.727. The van der Waals surface area contributed by atoms with Gasteiger partial charge in [-0.1, -0.05) is 13.3 Å². The van der Waals surface area contributed by atoms with Crippen LogP contribution >= 0.6 is 11.3 Å². The third-order valence-electron chi connectivity index (χ3n) is 3.31. The molecule has 1 heterocycles. The number of hydrogen-bond donors (Lipinski definition) is 1. The molecular weight excluding hydrogens is 194 g/mol. The maximum Gasteiger partial charge on any atom is 0.119 e. The van der Waals surface area contributed by atoms with E-state index in [4.69, 9.17) is 5.11 Å². The quantitative estimate of drug-likeness (QED) is 0.830. The van der Waals surface area contributed by atoms with Gasteiger partial charge < -0.3 is 5.11 Å². The van der Waals surface area contributed by atoms with E-state index in [1.165, 1.54) is 30.6 Å². The van der Waals surface area contributed by atoms with E-state index < -0.39 is 0 Å². The highest BCUT2D eigenvalue weighted by molar-refractivity contribution is 7.11. The summed E-state index contributed by atoms with van der Waals surface area (Å²) >= 11 is 1.68. The van der Waals surface area contributed by atoms with Gasteiger partial charge in [-0.25, -0.2) is 4.98 Å². The van der Waals surface area contributed by atoms with Gasteiger partial charge in [0, 0.05) is 4.88 Å². The fourth-order valence-electron chi connectivity index (χ4n) is 1.89. The van der Waals surface area contributed by atoms with Gasteiger partial charge in [-0.3, -0.25) is 0 Å². The minimum absolute atomic E-state index is 0.0879. The normalized spacial score (nSPS) is 18.5. The number of aliphatic hydroxyl groups is 1. The molecule has 0 unspecified atom stereocenters. The molecule has 1 aromatic heterocycles. The molecule has 0 bridgehead atoms. The van der Waals surface area contributed by atoms with Crippen LogP contribution in [0.1, 0.15) is 41.8 Å². The molecule has 2 nitrogen and oxygen atoms in total. The number of nitrogens with zero attached hydrogens (tertiary/aromatic N) is 1. The average molecular weight is 211 g/mol. The highest BCUT2D eigenvalue weighted by Crippen LogP contribution is 2.51. The zero-order chi connectivity index (χ0) is 10.2. The topological polar surface area (TPSA) is 33.1 Å². The number of aliphatic hydroxyl groups excluding tert-OH is 1. The van der Waals surface area contributed by atoms with Gasteiger partial charge in [-0.15, -0.1) is 11.3 Å². The van der Waals surface area contributed by atoms with Crippen LogP contribution in [0.3, 0.4) is 0 Å². The van der Waals surface area contributed by atoms with Crippen molar-refractivity contribution in [1.29, 1.82) is 0 Å². The highest BCUT2D eigenvalue weighted by atomic mass is 32.1. The molecule has 1 aliphatic rings. The molecule has 3 heteroatoms. The summed E-state index contributed by atoms with van der Waals surface area (Å²) in [6, 6.07) is 0. The maximum atomic E-state index is 8.99. The first-order valence-corrected chi connectivity index (χ1v) is 6.07. The van der Waals surface area contributed by atoms with Crippen LogP contribution in [-0.2, 0) is 13.0 Å². The van der Waals surface area contributed by atoms with Crippen molar-refractivity contribution in [2.75, 3.05) is 0 Å². The molecule has 1 fully saturated rings. The van der Waals surface area contributed by atoms with E-state index >= 15 is 0 Å². The Morgan fingerprint density at radius 1 is 1.50 bits per heavy atom. The third-order valence-corrected chi connectivity index (χ3v) is 4.46. The van der Waals surface area contributed by atoms with Crippen molar-refractivity contribution >= 4 is 11.3 Å². The van der Waals surface area contributed by atoms with E-state index in [0.717, 1.165) is 10.7 Å². The lowest BCUT2D eigenvalue weighted by atomic mass is 9.98. The van der Waals surface area contributed by atoms with Crippen molar-refractivity contribution in [2.45, 2.75) is 46.1 Å². The summed E-state index contributed by atoms with van der Waals surface area (Å²) in [5.41, 5.74) is 1.71. The molecule has 1 N–H and O–H groups in total.